The monoisotopic (exact) mass is 723 g/mol. The van der Waals surface area contributed by atoms with Crippen molar-refractivity contribution < 1.29 is 31.0 Å². The summed E-state index contributed by atoms with van der Waals surface area (Å²) in [5.74, 6) is 2.47. The zero-order valence-corrected chi connectivity index (χ0v) is 33.6. The van der Waals surface area contributed by atoms with Crippen LogP contribution in [0.5, 0.6) is 0 Å². The average Bonchev–Trinajstić information content (AvgIpc) is 3.51. The summed E-state index contributed by atoms with van der Waals surface area (Å²) >= 11 is 0. The fraction of sp³-hybridized carbons (Fsp3) is 0.386. The molecule has 2 saturated carbocycles. The number of nitriles is 1. The maximum Gasteiger partial charge on any atom is 1.00 e. The van der Waals surface area contributed by atoms with Crippen LogP contribution in [0.25, 0.3) is 44.3 Å². The SMILES string of the molecule is N#Cc1ccc(-c2ccc3c(c2)nc2n3CCN(C3CCC3)CC2)cc1.NCc1ccc(-c2ccc3c(c2)nc2n3CCN(C3CCC3)CC2)cc1.[B].[H-].[Na+]. The van der Waals surface area contributed by atoms with Gasteiger partial charge in [-0.25, -0.2) is 9.97 Å². The first kappa shape index (κ1) is 38.5. The van der Waals surface area contributed by atoms with Gasteiger partial charge in [0.05, 0.1) is 33.7 Å². The first-order valence-corrected chi connectivity index (χ1v) is 19.4. The van der Waals surface area contributed by atoms with E-state index in [4.69, 9.17) is 21.0 Å². The summed E-state index contributed by atoms with van der Waals surface area (Å²) in [6, 6.07) is 33.4. The molecule has 2 aliphatic heterocycles. The molecule has 269 valence electrons. The standard InChI is InChI=1S/C22H26N4.C22H22N4.B.Na.H/c2*23-15-16-4-6-17(7-5-16)18-8-9-21-20(14-18)24-22-10-11-25(12-13-26(21)22)19-2-1-3-19;;;/h4-9,14,19H,1-3,10-13,15,23H2;4-9,14,19H,1-3,10-13H2;;;/q;;;+1;-1. The van der Waals surface area contributed by atoms with E-state index in [1.54, 1.807) is 0 Å². The van der Waals surface area contributed by atoms with E-state index in [2.05, 4.69) is 85.7 Å². The molecule has 4 aromatic carbocycles. The molecule has 2 fully saturated rings. The van der Waals surface area contributed by atoms with Crippen molar-refractivity contribution in [3.63, 3.8) is 0 Å². The van der Waals surface area contributed by atoms with Crippen LogP contribution in [-0.2, 0) is 32.5 Å². The third-order valence-electron chi connectivity index (χ3n) is 12.2. The summed E-state index contributed by atoms with van der Waals surface area (Å²) in [7, 11) is 0. The van der Waals surface area contributed by atoms with Crippen molar-refractivity contribution in [1.29, 1.82) is 5.26 Å². The van der Waals surface area contributed by atoms with Gasteiger partial charge in [0.15, 0.2) is 0 Å². The van der Waals surface area contributed by atoms with Crippen molar-refractivity contribution in [2.45, 2.75) is 83.1 Å². The van der Waals surface area contributed by atoms with Gasteiger partial charge in [-0.15, -0.1) is 0 Å². The summed E-state index contributed by atoms with van der Waals surface area (Å²) < 4.78 is 4.85. The largest absolute Gasteiger partial charge is 1.00 e. The van der Waals surface area contributed by atoms with Crippen molar-refractivity contribution in [3.8, 4) is 28.3 Å². The molecule has 54 heavy (non-hydrogen) atoms. The molecule has 4 aliphatic rings. The van der Waals surface area contributed by atoms with Gasteiger partial charge in [-0.1, -0.05) is 61.4 Å². The van der Waals surface area contributed by atoms with Gasteiger partial charge in [-0.2, -0.15) is 5.26 Å². The van der Waals surface area contributed by atoms with Gasteiger partial charge in [0.1, 0.15) is 11.6 Å². The van der Waals surface area contributed by atoms with Gasteiger partial charge in [0.2, 0.25) is 0 Å². The number of imidazole rings is 2. The van der Waals surface area contributed by atoms with E-state index in [0.717, 1.165) is 86.4 Å². The molecule has 2 aromatic heterocycles. The van der Waals surface area contributed by atoms with Crippen molar-refractivity contribution in [2.75, 3.05) is 26.2 Å². The summed E-state index contributed by atoms with van der Waals surface area (Å²) in [6.07, 6.45) is 10.4. The summed E-state index contributed by atoms with van der Waals surface area (Å²) in [4.78, 5) is 15.3. The van der Waals surface area contributed by atoms with Crippen LogP contribution in [0, 0.1) is 11.3 Å². The molecule has 4 heterocycles. The Morgan fingerprint density at radius 1 is 0.611 bits per heavy atom. The molecule has 0 atom stereocenters. The van der Waals surface area contributed by atoms with E-state index in [9.17, 15) is 0 Å². The zero-order valence-electron chi connectivity index (χ0n) is 32.6. The minimum absolute atomic E-state index is 0. The van der Waals surface area contributed by atoms with Crippen LogP contribution < -0.4 is 35.3 Å². The van der Waals surface area contributed by atoms with Crippen LogP contribution in [0.3, 0.4) is 0 Å². The third kappa shape index (κ3) is 7.71. The number of benzene rings is 4. The molecular formula is C44H49BN8Na. The molecule has 10 heteroatoms. The van der Waals surface area contributed by atoms with E-state index in [1.165, 1.54) is 77.9 Å². The summed E-state index contributed by atoms with van der Waals surface area (Å²) in [5.41, 5.74) is 17.0. The normalized spacial score (nSPS) is 17.6. The van der Waals surface area contributed by atoms with Gasteiger partial charge in [0.25, 0.3) is 0 Å². The van der Waals surface area contributed by atoms with E-state index in [-0.39, 0.29) is 39.4 Å². The maximum absolute atomic E-state index is 8.96. The van der Waals surface area contributed by atoms with E-state index >= 15 is 0 Å². The Bertz CT molecular complexity index is 2250. The van der Waals surface area contributed by atoms with Gasteiger partial charge in [0, 0.05) is 79.2 Å². The van der Waals surface area contributed by atoms with Gasteiger partial charge >= 0.3 is 29.6 Å². The van der Waals surface area contributed by atoms with Crippen molar-refractivity contribution in [2.24, 2.45) is 5.73 Å². The third-order valence-corrected chi connectivity index (χ3v) is 12.2. The van der Waals surface area contributed by atoms with E-state index < -0.39 is 0 Å². The maximum atomic E-state index is 8.96. The van der Waals surface area contributed by atoms with Gasteiger partial charge < -0.3 is 16.3 Å². The van der Waals surface area contributed by atoms with Crippen LogP contribution in [0.2, 0.25) is 0 Å². The first-order valence-electron chi connectivity index (χ1n) is 19.4. The molecule has 0 spiro atoms. The van der Waals surface area contributed by atoms with Crippen LogP contribution in [0.4, 0.5) is 0 Å². The van der Waals surface area contributed by atoms with Crippen LogP contribution in [0.1, 0.15) is 62.7 Å². The molecule has 2 N–H and O–H groups in total. The Kier molecular flexibility index (Phi) is 12.1. The number of hydrogen-bond acceptors (Lipinski definition) is 6. The number of aromatic nitrogens is 4. The Morgan fingerprint density at radius 2 is 1.06 bits per heavy atom. The summed E-state index contributed by atoms with van der Waals surface area (Å²) in [6.45, 7) is 7.28. The molecule has 3 radical (unpaired) electrons. The number of fused-ring (bicyclic) bond motifs is 6. The number of rotatable bonds is 5. The minimum Gasteiger partial charge on any atom is -1.00 e. The molecule has 0 saturated heterocycles. The molecule has 8 nitrogen and oxygen atoms in total. The minimum atomic E-state index is 0. The number of nitrogens with zero attached hydrogens (tertiary/aromatic N) is 7. The van der Waals surface area contributed by atoms with Crippen LogP contribution >= 0.6 is 0 Å². The van der Waals surface area contributed by atoms with Gasteiger partial charge in [-0.3, -0.25) is 9.80 Å². The van der Waals surface area contributed by atoms with Crippen molar-refractivity contribution in [1.82, 2.24) is 28.9 Å². The number of hydrogen-bond donors (Lipinski definition) is 1. The first-order chi connectivity index (χ1) is 25.6. The average molecular weight is 724 g/mol. The smallest absolute Gasteiger partial charge is 1.00 e. The van der Waals surface area contributed by atoms with Crippen LogP contribution in [-0.4, -0.2) is 75.6 Å². The van der Waals surface area contributed by atoms with E-state index in [1.807, 2.05) is 24.3 Å². The topological polar surface area (TPSA) is 91.9 Å². The second kappa shape index (κ2) is 17.0. The van der Waals surface area contributed by atoms with Crippen molar-refractivity contribution in [3.05, 3.63) is 108 Å². The second-order valence-corrected chi connectivity index (χ2v) is 15.1. The predicted molar refractivity (Wildman–Crippen MR) is 216 cm³/mol. The molecular weight excluding hydrogens is 674 g/mol. The molecule has 0 amide bonds. The van der Waals surface area contributed by atoms with Crippen molar-refractivity contribution >= 4 is 30.5 Å². The Balaban J connectivity index is 0.000000177. The fourth-order valence-corrected chi connectivity index (χ4v) is 8.57. The zero-order chi connectivity index (χ0) is 35.0. The Morgan fingerprint density at radius 3 is 1.46 bits per heavy atom. The quantitative estimate of drug-likeness (QED) is 0.267. The van der Waals surface area contributed by atoms with E-state index in [0.29, 0.717) is 12.1 Å². The number of nitrogens with two attached hydrogens (primary N) is 1. The predicted octanol–water partition coefficient (Wildman–Crippen LogP) is 4.29. The van der Waals surface area contributed by atoms with Gasteiger partial charge in [-0.05, 0) is 89.9 Å². The molecule has 10 rings (SSSR count). The molecule has 0 unspecified atom stereocenters. The fourth-order valence-electron chi connectivity index (χ4n) is 8.57. The molecule has 2 aliphatic carbocycles. The Labute approximate surface area is 344 Å². The molecule has 6 aromatic rings. The Hall–Kier alpha value is -3.75. The molecule has 0 bridgehead atoms. The summed E-state index contributed by atoms with van der Waals surface area (Å²) in [5, 5.41) is 8.96. The second-order valence-electron chi connectivity index (χ2n) is 15.1. The van der Waals surface area contributed by atoms with Crippen LogP contribution in [0.15, 0.2) is 84.9 Å².